The quantitative estimate of drug-likeness (QED) is 0.459. The highest BCUT2D eigenvalue weighted by Gasteiger charge is 2.18. The van der Waals surface area contributed by atoms with Crippen molar-refractivity contribution < 1.29 is 24.0 Å². The lowest BCUT2D eigenvalue weighted by Gasteiger charge is -2.14. The SMILES string of the molecule is CC(CNC(=O)N[C@H](CO)C(=O)O)S(C)=O. The molecule has 0 aromatic heterocycles. The molecule has 94 valence electrons. The topological polar surface area (TPSA) is 116 Å². The van der Waals surface area contributed by atoms with E-state index in [-0.39, 0.29) is 11.8 Å². The number of urea groups is 1. The van der Waals surface area contributed by atoms with Gasteiger partial charge in [-0.2, -0.15) is 0 Å². The van der Waals surface area contributed by atoms with E-state index in [4.69, 9.17) is 10.2 Å². The van der Waals surface area contributed by atoms with E-state index in [1.54, 1.807) is 6.92 Å². The van der Waals surface area contributed by atoms with Crippen LogP contribution in [-0.4, -0.2) is 57.1 Å². The molecule has 0 aliphatic heterocycles. The molecule has 2 amide bonds. The molecular formula is C8H16N2O5S. The van der Waals surface area contributed by atoms with Gasteiger partial charge in [-0.05, 0) is 6.92 Å². The molecule has 0 aliphatic rings. The van der Waals surface area contributed by atoms with E-state index in [0.717, 1.165) is 0 Å². The molecule has 7 nitrogen and oxygen atoms in total. The third-order valence-electron chi connectivity index (χ3n) is 1.90. The number of hydrogen-bond donors (Lipinski definition) is 4. The zero-order chi connectivity index (χ0) is 12.7. The van der Waals surface area contributed by atoms with Crippen LogP contribution in [0.5, 0.6) is 0 Å². The van der Waals surface area contributed by atoms with Gasteiger partial charge in [0.05, 0.1) is 6.61 Å². The highest BCUT2D eigenvalue weighted by Crippen LogP contribution is 1.89. The lowest BCUT2D eigenvalue weighted by atomic mass is 10.3. The fraction of sp³-hybridized carbons (Fsp3) is 0.750. The Morgan fingerprint density at radius 1 is 1.44 bits per heavy atom. The van der Waals surface area contributed by atoms with Gasteiger partial charge in [0, 0.05) is 28.9 Å². The summed E-state index contributed by atoms with van der Waals surface area (Å²) < 4.78 is 10.9. The van der Waals surface area contributed by atoms with Crippen LogP contribution < -0.4 is 10.6 Å². The van der Waals surface area contributed by atoms with Crippen molar-refractivity contribution in [1.29, 1.82) is 0 Å². The number of carbonyl (C=O) groups excluding carboxylic acids is 1. The van der Waals surface area contributed by atoms with Crippen molar-refractivity contribution in [3.05, 3.63) is 0 Å². The molecule has 0 fully saturated rings. The van der Waals surface area contributed by atoms with Crippen molar-refractivity contribution in [1.82, 2.24) is 10.6 Å². The van der Waals surface area contributed by atoms with Crippen molar-refractivity contribution in [3.8, 4) is 0 Å². The van der Waals surface area contributed by atoms with E-state index in [1.807, 2.05) is 0 Å². The summed E-state index contributed by atoms with van der Waals surface area (Å²) in [4.78, 5) is 21.6. The van der Waals surface area contributed by atoms with E-state index < -0.39 is 35.4 Å². The molecule has 0 aromatic carbocycles. The van der Waals surface area contributed by atoms with Gasteiger partial charge >= 0.3 is 12.0 Å². The van der Waals surface area contributed by atoms with Crippen molar-refractivity contribution in [2.45, 2.75) is 18.2 Å². The third-order valence-corrected chi connectivity index (χ3v) is 3.20. The second-order valence-corrected chi connectivity index (χ2v) is 5.04. The van der Waals surface area contributed by atoms with Gasteiger partial charge in [-0.1, -0.05) is 0 Å². The Morgan fingerprint density at radius 2 is 2.00 bits per heavy atom. The summed E-state index contributed by atoms with van der Waals surface area (Å²) in [5, 5.41) is 21.4. The number of rotatable bonds is 6. The summed E-state index contributed by atoms with van der Waals surface area (Å²) in [6, 6.07) is -2.04. The van der Waals surface area contributed by atoms with Crippen LogP contribution in [-0.2, 0) is 15.6 Å². The first-order chi connectivity index (χ1) is 7.38. The molecule has 8 heteroatoms. The van der Waals surface area contributed by atoms with Crippen LogP contribution in [0.3, 0.4) is 0 Å². The van der Waals surface area contributed by atoms with Gasteiger partial charge < -0.3 is 20.8 Å². The number of amides is 2. The second-order valence-electron chi connectivity index (χ2n) is 3.24. The molecule has 0 saturated heterocycles. The zero-order valence-electron chi connectivity index (χ0n) is 9.10. The molecule has 2 unspecified atom stereocenters. The first-order valence-electron chi connectivity index (χ1n) is 4.58. The Morgan fingerprint density at radius 3 is 2.38 bits per heavy atom. The van der Waals surface area contributed by atoms with Gasteiger partial charge in [0.15, 0.2) is 6.04 Å². The van der Waals surface area contributed by atoms with Gasteiger partial charge in [0.25, 0.3) is 0 Å². The standard InChI is InChI=1S/C8H16N2O5S/c1-5(16(2)15)3-9-8(14)10-6(4-11)7(12)13/h5-6,11H,3-4H2,1-2H3,(H,12,13)(H2,9,10,14)/t5?,6-,16?/m1/s1. The molecule has 0 saturated carbocycles. The van der Waals surface area contributed by atoms with Crippen molar-refractivity contribution in [3.63, 3.8) is 0 Å². The third kappa shape index (κ3) is 5.66. The maximum absolute atomic E-state index is 11.1. The molecule has 0 rings (SSSR count). The normalized spacial score (nSPS) is 15.9. The van der Waals surface area contributed by atoms with Gasteiger partial charge in [-0.15, -0.1) is 0 Å². The molecule has 16 heavy (non-hydrogen) atoms. The first-order valence-corrected chi connectivity index (χ1v) is 6.20. The summed E-state index contributed by atoms with van der Waals surface area (Å²) in [6.07, 6.45) is 1.51. The maximum Gasteiger partial charge on any atom is 0.328 e. The number of carbonyl (C=O) groups is 2. The van der Waals surface area contributed by atoms with Gasteiger partial charge in [0.1, 0.15) is 0 Å². The molecule has 0 heterocycles. The molecule has 0 aliphatic carbocycles. The molecule has 0 bridgehead atoms. The van der Waals surface area contributed by atoms with Crippen LogP contribution in [0.15, 0.2) is 0 Å². The van der Waals surface area contributed by atoms with Crippen LogP contribution in [0.2, 0.25) is 0 Å². The lowest BCUT2D eigenvalue weighted by molar-refractivity contribution is -0.140. The average Bonchev–Trinajstić information content (AvgIpc) is 2.21. The molecule has 3 atom stereocenters. The summed E-state index contributed by atoms with van der Waals surface area (Å²) in [6.45, 7) is 1.18. The minimum absolute atomic E-state index is 0.173. The summed E-state index contributed by atoms with van der Waals surface area (Å²) in [5.74, 6) is -1.32. The number of nitrogens with one attached hydrogen (secondary N) is 2. The van der Waals surface area contributed by atoms with E-state index in [1.165, 1.54) is 6.26 Å². The van der Waals surface area contributed by atoms with Crippen LogP contribution in [0.4, 0.5) is 4.79 Å². The minimum Gasteiger partial charge on any atom is -0.480 e. The van der Waals surface area contributed by atoms with Gasteiger partial charge in [-0.3, -0.25) is 4.21 Å². The van der Waals surface area contributed by atoms with Crippen LogP contribution in [0.25, 0.3) is 0 Å². The predicted octanol–water partition coefficient (Wildman–Crippen LogP) is -1.50. The highest BCUT2D eigenvalue weighted by atomic mass is 32.2. The molecule has 0 spiro atoms. The van der Waals surface area contributed by atoms with Gasteiger partial charge in [0.2, 0.25) is 0 Å². The number of carboxylic acids is 1. The van der Waals surface area contributed by atoms with Gasteiger partial charge in [-0.25, -0.2) is 9.59 Å². The predicted molar refractivity (Wildman–Crippen MR) is 58.6 cm³/mol. The molecular weight excluding hydrogens is 236 g/mol. The van der Waals surface area contributed by atoms with Crippen LogP contribution in [0, 0.1) is 0 Å². The Labute approximate surface area is 95.7 Å². The van der Waals surface area contributed by atoms with Crippen LogP contribution in [0.1, 0.15) is 6.92 Å². The van der Waals surface area contributed by atoms with E-state index in [0.29, 0.717) is 0 Å². The summed E-state index contributed by atoms with van der Waals surface area (Å²) in [5.41, 5.74) is 0. The fourth-order valence-electron chi connectivity index (χ4n) is 0.749. The lowest BCUT2D eigenvalue weighted by Crippen LogP contribution is -2.49. The fourth-order valence-corrected chi connectivity index (χ4v) is 1.07. The van der Waals surface area contributed by atoms with Crippen molar-refractivity contribution >= 4 is 22.8 Å². The maximum atomic E-state index is 11.1. The Balaban J connectivity index is 3.99. The number of aliphatic hydroxyl groups is 1. The van der Waals surface area contributed by atoms with E-state index in [9.17, 15) is 13.8 Å². The largest absolute Gasteiger partial charge is 0.480 e. The monoisotopic (exact) mass is 252 g/mol. The molecule has 0 aromatic rings. The number of hydrogen-bond acceptors (Lipinski definition) is 4. The first kappa shape index (κ1) is 14.8. The summed E-state index contributed by atoms with van der Waals surface area (Å²) >= 11 is 0. The Hall–Kier alpha value is -1.15. The minimum atomic E-state index is -1.33. The Bertz CT molecular complexity index is 284. The van der Waals surface area contributed by atoms with Crippen molar-refractivity contribution in [2.24, 2.45) is 0 Å². The average molecular weight is 252 g/mol. The number of aliphatic carboxylic acids is 1. The van der Waals surface area contributed by atoms with Crippen LogP contribution >= 0.6 is 0 Å². The number of carboxylic acid groups (broad SMARTS) is 1. The molecule has 0 radical (unpaired) electrons. The number of aliphatic hydroxyl groups excluding tert-OH is 1. The summed E-state index contributed by atoms with van der Waals surface area (Å²) in [7, 11) is -1.06. The Kier molecular flexibility index (Phi) is 6.66. The second kappa shape index (κ2) is 7.18. The van der Waals surface area contributed by atoms with E-state index in [2.05, 4.69) is 10.6 Å². The highest BCUT2D eigenvalue weighted by molar-refractivity contribution is 7.84. The zero-order valence-corrected chi connectivity index (χ0v) is 9.91. The molecule has 4 N–H and O–H groups in total. The smallest absolute Gasteiger partial charge is 0.328 e. The van der Waals surface area contributed by atoms with E-state index >= 15 is 0 Å². The van der Waals surface area contributed by atoms with Crippen molar-refractivity contribution in [2.75, 3.05) is 19.4 Å².